The summed E-state index contributed by atoms with van der Waals surface area (Å²) in [7, 11) is 0. The topological polar surface area (TPSA) is 17.1 Å². The smallest absolute Gasteiger partial charge is 0.146 e. The minimum absolute atomic E-state index is 0.0859. The van der Waals surface area contributed by atoms with Gasteiger partial charge in [0.05, 0.1) is 4.83 Å². The third-order valence-electron chi connectivity index (χ3n) is 2.11. The number of carbonyl (C=O) groups excluding carboxylic acids is 1. The lowest BCUT2D eigenvalue weighted by atomic mass is 10.1. The minimum atomic E-state index is -0.0859. The quantitative estimate of drug-likeness (QED) is 0.545. The summed E-state index contributed by atoms with van der Waals surface area (Å²) in [4.78, 5) is 11.3. The van der Waals surface area contributed by atoms with Gasteiger partial charge in [-0.3, -0.25) is 4.79 Å². The lowest BCUT2D eigenvalue weighted by molar-refractivity contribution is -0.118. The van der Waals surface area contributed by atoms with Crippen molar-refractivity contribution < 1.29 is 4.79 Å². The van der Waals surface area contributed by atoms with Gasteiger partial charge in [0.1, 0.15) is 5.78 Å². The van der Waals surface area contributed by atoms with E-state index < -0.39 is 0 Å². The molecular weight excluding hydrogens is 390 g/mol. The number of ketones is 1. The van der Waals surface area contributed by atoms with Crippen LogP contribution in [0.4, 0.5) is 0 Å². The van der Waals surface area contributed by atoms with Crippen LogP contribution in [-0.2, 0) is 11.2 Å². The molecule has 0 aliphatic carbocycles. The van der Waals surface area contributed by atoms with E-state index in [2.05, 4.69) is 38.5 Å². The summed E-state index contributed by atoms with van der Waals surface area (Å²) in [5, 5.41) is 0.732. The molecule has 0 aliphatic heterocycles. The van der Waals surface area contributed by atoms with Gasteiger partial charge >= 0.3 is 0 Å². The van der Waals surface area contributed by atoms with Crippen molar-refractivity contribution >= 4 is 55.9 Å². The zero-order valence-electron chi connectivity index (χ0n) is 8.27. The first-order valence-electron chi connectivity index (χ1n) is 4.65. The highest BCUT2D eigenvalue weighted by atomic mass is 127. The van der Waals surface area contributed by atoms with Crippen molar-refractivity contribution in [3.8, 4) is 0 Å². The highest BCUT2D eigenvalue weighted by Gasteiger charge is 2.14. The second-order valence-electron chi connectivity index (χ2n) is 3.23. The fourth-order valence-corrected chi connectivity index (χ4v) is 2.98. The molecule has 4 heteroatoms. The fourth-order valence-electron chi connectivity index (χ4n) is 1.22. The maximum atomic E-state index is 11.4. The second-order valence-corrected chi connectivity index (χ2v) is 5.93. The zero-order valence-corrected chi connectivity index (χ0v) is 12.8. The first kappa shape index (κ1) is 13.5. The number of benzene rings is 1. The molecule has 82 valence electrons. The van der Waals surface area contributed by atoms with Crippen LogP contribution in [0.2, 0.25) is 5.02 Å². The molecule has 1 aromatic carbocycles. The van der Waals surface area contributed by atoms with E-state index in [1.165, 1.54) is 0 Å². The van der Waals surface area contributed by atoms with Crippen LogP contribution >= 0.6 is 50.1 Å². The van der Waals surface area contributed by atoms with Crippen molar-refractivity contribution in [1.29, 1.82) is 0 Å². The van der Waals surface area contributed by atoms with Gasteiger partial charge in [-0.25, -0.2) is 0 Å². The van der Waals surface area contributed by atoms with Crippen LogP contribution in [0.3, 0.4) is 0 Å². The molecule has 0 amide bonds. The number of alkyl halides is 1. The van der Waals surface area contributed by atoms with Crippen molar-refractivity contribution in [1.82, 2.24) is 0 Å². The maximum Gasteiger partial charge on any atom is 0.146 e. The maximum absolute atomic E-state index is 11.4. The molecular formula is C11H11BrClIO. The molecule has 0 saturated carbocycles. The van der Waals surface area contributed by atoms with Crippen molar-refractivity contribution in [2.45, 2.75) is 24.6 Å². The molecule has 0 bridgehead atoms. The SMILES string of the molecule is CCC(=O)C(Br)Cc1ccc(Cl)cc1I. The van der Waals surface area contributed by atoms with Crippen molar-refractivity contribution in [2.24, 2.45) is 0 Å². The van der Waals surface area contributed by atoms with E-state index in [-0.39, 0.29) is 10.6 Å². The summed E-state index contributed by atoms with van der Waals surface area (Å²) in [5.74, 6) is 0.237. The number of carbonyl (C=O) groups is 1. The summed E-state index contributed by atoms with van der Waals surface area (Å²) in [6.45, 7) is 1.88. The van der Waals surface area contributed by atoms with Gasteiger partial charge in [-0.1, -0.05) is 40.5 Å². The van der Waals surface area contributed by atoms with Crippen LogP contribution in [-0.4, -0.2) is 10.6 Å². The third-order valence-corrected chi connectivity index (χ3v) is 4.19. The lowest BCUT2D eigenvalue weighted by Gasteiger charge is -2.09. The Labute approximate surface area is 117 Å². The molecule has 1 nitrogen and oxygen atoms in total. The van der Waals surface area contributed by atoms with Gasteiger partial charge in [0.25, 0.3) is 0 Å². The van der Waals surface area contributed by atoms with Gasteiger partial charge in [0.15, 0.2) is 0 Å². The molecule has 0 saturated heterocycles. The van der Waals surface area contributed by atoms with E-state index in [0.29, 0.717) is 6.42 Å². The number of rotatable bonds is 4. The van der Waals surface area contributed by atoms with Crippen LogP contribution in [0.25, 0.3) is 0 Å². The molecule has 15 heavy (non-hydrogen) atoms. The van der Waals surface area contributed by atoms with Crippen LogP contribution in [0.1, 0.15) is 18.9 Å². The van der Waals surface area contributed by atoms with E-state index in [9.17, 15) is 4.79 Å². The van der Waals surface area contributed by atoms with Gasteiger partial charge in [-0.05, 0) is 46.7 Å². The molecule has 1 aromatic rings. The van der Waals surface area contributed by atoms with Gasteiger partial charge in [0, 0.05) is 15.0 Å². The molecule has 0 fully saturated rings. The van der Waals surface area contributed by atoms with E-state index in [0.717, 1.165) is 20.6 Å². The van der Waals surface area contributed by atoms with Crippen molar-refractivity contribution in [2.75, 3.05) is 0 Å². The predicted molar refractivity (Wildman–Crippen MR) is 75.9 cm³/mol. The third kappa shape index (κ3) is 4.04. The lowest BCUT2D eigenvalue weighted by Crippen LogP contribution is -2.15. The molecule has 1 atom stereocenters. The van der Waals surface area contributed by atoms with Crippen LogP contribution < -0.4 is 0 Å². The molecule has 0 aromatic heterocycles. The van der Waals surface area contributed by atoms with E-state index >= 15 is 0 Å². The molecule has 0 spiro atoms. The Morgan fingerprint density at radius 1 is 1.60 bits per heavy atom. The summed E-state index contributed by atoms with van der Waals surface area (Å²) in [5.41, 5.74) is 1.16. The van der Waals surface area contributed by atoms with Gasteiger partial charge in [0.2, 0.25) is 0 Å². The average Bonchev–Trinajstić information content (AvgIpc) is 2.20. The predicted octanol–water partition coefficient (Wildman–Crippen LogP) is 4.23. The van der Waals surface area contributed by atoms with Crippen molar-refractivity contribution in [3.05, 3.63) is 32.4 Å². The second kappa shape index (κ2) is 6.21. The zero-order chi connectivity index (χ0) is 11.4. The Morgan fingerprint density at radius 3 is 2.80 bits per heavy atom. The van der Waals surface area contributed by atoms with Crippen LogP contribution in [0.5, 0.6) is 0 Å². The standard InChI is InChI=1S/C11H11BrClIO/c1-2-11(15)9(12)5-7-3-4-8(13)6-10(7)14/h3-4,6,9H,2,5H2,1H3. The largest absolute Gasteiger partial charge is 0.298 e. The van der Waals surface area contributed by atoms with E-state index in [4.69, 9.17) is 11.6 Å². The Bertz CT molecular complexity index is 368. The number of Topliss-reactive ketones (excluding diaryl/α,β-unsaturated/α-hetero) is 1. The number of hydrogen-bond donors (Lipinski definition) is 0. The Balaban J connectivity index is 2.76. The Kier molecular flexibility index (Phi) is 5.57. The van der Waals surface area contributed by atoms with Crippen LogP contribution in [0, 0.1) is 3.57 Å². The average molecular weight is 401 g/mol. The highest BCUT2D eigenvalue weighted by Crippen LogP contribution is 2.21. The summed E-state index contributed by atoms with van der Waals surface area (Å²) in [6, 6.07) is 5.74. The molecule has 1 rings (SSSR count). The summed E-state index contributed by atoms with van der Waals surface area (Å²) < 4.78 is 1.11. The van der Waals surface area contributed by atoms with E-state index in [1.54, 1.807) is 0 Å². The first-order chi connectivity index (χ1) is 7.04. The molecule has 1 unspecified atom stereocenters. The van der Waals surface area contributed by atoms with Crippen molar-refractivity contribution in [3.63, 3.8) is 0 Å². The molecule has 0 N–H and O–H groups in total. The normalized spacial score (nSPS) is 12.5. The summed E-state index contributed by atoms with van der Waals surface area (Å²) in [6.07, 6.45) is 1.29. The van der Waals surface area contributed by atoms with Crippen LogP contribution in [0.15, 0.2) is 18.2 Å². The van der Waals surface area contributed by atoms with Gasteiger partial charge < -0.3 is 0 Å². The molecule has 0 aliphatic rings. The number of hydrogen-bond acceptors (Lipinski definition) is 1. The Hall–Kier alpha value is 0.390. The van der Waals surface area contributed by atoms with Gasteiger partial charge in [-0.2, -0.15) is 0 Å². The molecule has 0 radical (unpaired) electrons. The van der Waals surface area contributed by atoms with Gasteiger partial charge in [-0.15, -0.1) is 0 Å². The first-order valence-corrected chi connectivity index (χ1v) is 7.02. The van der Waals surface area contributed by atoms with E-state index in [1.807, 2.05) is 25.1 Å². The fraction of sp³-hybridized carbons (Fsp3) is 0.364. The number of halogens is 3. The monoisotopic (exact) mass is 400 g/mol. The minimum Gasteiger partial charge on any atom is -0.298 e. The molecule has 0 heterocycles. The highest BCUT2D eigenvalue weighted by molar-refractivity contribution is 14.1. The Morgan fingerprint density at radius 2 is 2.27 bits per heavy atom. The summed E-state index contributed by atoms with van der Waals surface area (Å²) >= 11 is 11.5.